The summed E-state index contributed by atoms with van der Waals surface area (Å²) in [4.78, 5) is 49.9. The Bertz CT molecular complexity index is 1840. The summed E-state index contributed by atoms with van der Waals surface area (Å²) in [6.45, 7) is 5.30. The van der Waals surface area contributed by atoms with Crippen molar-refractivity contribution < 1.29 is 24.6 Å². The molecular formula is C37H40N4O5. The van der Waals surface area contributed by atoms with Gasteiger partial charge >= 0.3 is 5.97 Å². The van der Waals surface area contributed by atoms with Crippen molar-refractivity contribution in [2.45, 2.75) is 57.2 Å². The van der Waals surface area contributed by atoms with E-state index in [1.165, 1.54) is 11.8 Å². The average Bonchev–Trinajstić information content (AvgIpc) is 3.56. The normalized spacial score (nSPS) is 14.8. The third kappa shape index (κ3) is 6.10. The molecule has 0 saturated carbocycles. The van der Waals surface area contributed by atoms with E-state index in [1.54, 1.807) is 19.6 Å². The Balaban J connectivity index is 1.90. The van der Waals surface area contributed by atoms with Crippen LogP contribution in [0, 0.1) is 5.92 Å². The average molecular weight is 621 g/mol. The van der Waals surface area contributed by atoms with Crippen molar-refractivity contribution in [3.05, 3.63) is 114 Å². The molecule has 9 heteroatoms. The molecule has 0 fully saturated rings. The summed E-state index contributed by atoms with van der Waals surface area (Å²) in [5.74, 6) is -2.89. The topological polar surface area (TPSA) is 136 Å². The first-order chi connectivity index (χ1) is 22.0. The number of aromatic amines is 1. The molecule has 5 rings (SSSR count). The largest absolute Gasteiger partial charge is 0.481 e. The van der Waals surface area contributed by atoms with Crippen LogP contribution in [-0.2, 0) is 19.9 Å². The maximum absolute atomic E-state index is 15.5. The van der Waals surface area contributed by atoms with Gasteiger partial charge in [0.05, 0.1) is 30.8 Å². The zero-order valence-electron chi connectivity index (χ0n) is 26.5. The van der Waals surface area contributed by atoms with Gasteiger partial charge in [0.15, 0.2) is 5.54 Å². The molecule has 4 atom stereocenters. The summed E-state index contributed by atoms with van der Waals surface area (Å²) in [7, 11) is 1.61. The van der Waals surface area contributed by atoms with E-state index in [-0.39, 0.29) is 11.8 Å². The fourth-order valence-corrected chi connectivity index (χ4v) is 6.71. The number of likely N-dealkylation sites (N-methyl/N-ethyl adjacent to an activating group) is 1. The number of benzene rings is 4. The second kappa shape index (κ2) is 13.5. The SMILES string of the molecule is CC(=O)N(C)[C@@](C(=O)N[C@@H](CC(C)C)[C@@H](O)CC(=O)O)(c1cccc2ccccc12)C(c1cnc[nH]1)c1cccc2ccccc12. The molecule has 0 spiro atoms. The van der Waals surface area contributed by atoms with E-state index in [1.807, 2.05) is 98.8 Å². The highest BCUT2D eigenvalue weighted by Crippen LogP contribution is 2.49. The Morgan fingerprint density at radius 1 is 0.913 bits per heavy atom. The van der Waals surface area contributed by atoms with Gasteiger partial charge in [-0.25, -0.2) is 4.98 Å². The molecule has 5 aromatic rings. The summed E-state index contributed by atoms with van der Waals surface area (Å²) in [6.07, 6.45) is 1.62. The number of carboxylic acid groups (broad SMARTS) is 1. The first-order valence-corrected chi connectivity index (χ1v) is 15.4. The van der Waals surface area contributed by atoms with Gasteiger partial charge in [-0.05, 0) is 45.0 Å². The monoisotopic (exact) mass is 620 g/mol. The molecule has 1 aromatic heterocycles. The number of rotatable bonds is 12. The van der Waals surface area contributed by atoms with E-state index in [0.29, 0.717) is 17.7 Å². The number of nitrogens with zero attached hydrogens (tertiary/aromatic N) is 2. The van der Waals surface area contributed by atoms with Gasteiger partial charge in [-0.1, -0.05) is 98.8 Å². The molecular weight excluding hydrogens is 580 g/mol. The van der Waals surface area contributed by atoms with Gasteiger partial charge in [0.2, 0.25) is 5.91 Å². The maximum Gasteiger partial charge on any atom is 0.306 e. The van der Waals surface area contributed by atoms with E-state index in [2.05, 4.69) is 15.3 Å². The van der Waals surface area contributed by atoms with Crippen LogP contribution >= 0.6 is 0 Å². The van der Waals surface area contributed by atoms with Crippen LogP contribution in [0.5, 0.6) is 0 Å². The maximum atomic E-state index is 15.5. The number of fused-ring (bicyclic) bond motifs is 2. The number of aliphatic carboxylic acids is 1. The zero-order chi connectivity index (χ0) is 33.0. The number of aliphatic hydroxyl groups excluding tert-OH is 1. The number of hydrogen-bond acceptors (Lipinski definition) is 5. The summed E-state index contributed by atoms with van der Waals surface area (Å²) in [5.41, 5.74) is 0.204. The van der Waals surface area contributed by atoms with Crippen molar-refractivity contribution in [2.75, 3.05) is 7.05 Å². The van der Waals surface area contributed by atoms with Crippen LogP contribution in [0.4, 0.5) is 0 Å². The molecule has 238 valence electrons. The number of amides is 2. The van der Waals surface area contributed by atoms with Crippen LogP contribution < -0.4 is 5.32 Å². The fourth-order valence-electron chi connectivity index (χ4n) is 6.71. The fraction of sp³-hybridized carbons (Fsp3) is 0.297. The molecule has 46 heavy (non-hydrogen) atoms. The highest BCUT2D eigenvalue weighted by molar-refractivity contribution is 6.00. The van der Waals surface area contributed by atoms with E-state index in [4.69, 9.17) is 0 Å². The van der Waals surface area contributed by atoms with Crippen LogP contribution in [0.3, 0.4) is 0 Å². The Morgan fingerprint density at radius 3 is 2.13 bits per heavy atom. The van der Waals surface area contributed by atoms with Crippen LogP contribution in [0.1, 0.15) is 56.4 Å². The highest BCUT2D eigenvalue weighted by Gasteiger charge is 2.55. The van der Waals surface area contributed by atoms with Gasteiger partial charge in [0.1, 0.15) is 0 Å². The van der Waals surface area contributed by atoms with Gasteiger partial charge in [0.25, 0.3) is 5.91 Å². The van der Waals surface area contributed by atoms with E-state index in [0.717, 1.165) is 27.1 Å². The molecule has 1 unspecified atom stereocenters. The molecule has 9 nitrogen and oxygen atoms in total. The molecule has 1 heterocycles. The van der Waals surface area contributed by atoms with Gasteiger partial charge in [-0.15, -0.1) is 0 Å². The molecule has 2 amide bonds. The third-order valence-electron chi connectivity index (χ3n) is 8.82. The number of imidazole rings is 1. The Morgan fingerprint density at radius 2 is 1.52 bits per heavy atom. The number of hydrogen-bond donors (Lipinski definition) is 4. The summed E-state index contributed by atoms with van der Waals surface area (Å²) >= 11 is 0. The van der Waals surface area contributed by atoms with Crippen molar-refractivity contribution >= 4 is 39.3 Å². The predicted molar refractivity (Wildman–Crippen MR) is 178 cm³/mol. The standard InChI is InChI=1S/C37H40N4O5/c1-23(2)19-31(33(43)20-34(44)45)40-36(46)37(41(4)24(3)42,30-18-10-14-26-12-6-8-16-28(26)30)35(32-21-38-22-39-32)29-17-9-13-25-11-5-7-15-27(25)29/h5-18,21-23,31,33,35,43H,19-20H2,1-4H3,(H,38,39)(H,40,46)(H,44,45)/t31-,33-,35?,37-/m0/s1. The summed E-state index contributed by atoms with van der Waals surface area (Å²) in [6, 6.07) is 26.2. The Kier molecular flexibility index (Phi) is 9.53. The number of nitrogens with one attached hydrogen (secondary N) is 2. The number of carbonyl (C=O) groups is 3. The highest BCUT2D eigenvalue weighted by atomic mass is 16.4. The smallest absolute Gasteiger partial charge is 0.306 e. The Labute approximate surface area is 268 Å². The second-order valence-corrected chi connectivity index (χ2v) is 12.3. The van der Waals surface area contributed by atoms with Gasteiger partial charge in [-0.3, -0.25) is 14.4 Å². The zero-order valence-corrected chi connectivity index (χ0v) is 26.5. The van der Waals surface area contributed by atoms with Crippen LogP contribution in [0.15, 0.2) is 97.5 Å². The quantitative estimate of drug-likeness (QED) is 0.144. The van der Waals surface area contributed by atoms with E-state index < -0.39 is 41.9 Å². The number of aliphatic hydroxyl groups is 1. The second-order valence-electron chi connectivity index (χ2n) is 12.3. The van der Waals surface area contributed by atoms with Gasteiger partial charge in [0, 0.05) is 25.9 Å². The lowest BCUT2D eigenvalue weighted by molar-refractivity contribution is -0.148. The van der Waals surface area contributed by atoms with Crippen molar-refractivity contribution in [3.8, 4) is 0 Å². The van der Waals surface area contributed by atoms with Crippen LogP contribution in [0.25, 0.3) is 21.5 Å². The number of carboxylic acids is 1. The first kappa shape index (κ1) is 32.4. The lowest BCUT2D eigenvalue weighted by atomic mass is 9.68. The lowest BCUT2D eigenvalue weighted by Gasteiger charge is -2.47. The third-order valence-corrected chi connectivity index (χ3v) is 8.82. The van der Waals surface area contributed by atoms with Crippen molar-refractivity contribution in [1.82, 2.24) is 20.2 Å². The summed E-state index contributed by atoms with van der Waals surface area (Å²) < 4.78 is 0. The van der Waals surface area contributed by atoms with Crippen molar-refractivity contribution in [2.24, 2.45) is 5.92 Å². The molecule has 0 aliphatic rings. The van der Waals surface area contributed by atoms with Crippen LogP contribution in [-0.4, -0.2) is 62.1 Å². The molecule has 0 aliphatic carbocycles. The van der Waals surface area contributed by atoms with E-state index in [9.17, 15) is 19.8 Å². The minimum absolute atomic E-state index is 0.0210. The van der Waals surface area contributed by atoms with Crippen LogP contribution in [0.2, 0.25) is 0 Å². The number of H-pyrrole nitrogens is 1. The van der Waals surface area contributed by atoms with E-state index >= 15 is 4.79 Å². The lowest BCUT2D eigenvalue weighted by Crippen LogP contribution is -2.62. The van der Waals surface area contributed by atoms with Gasteiger partial charge < -0.3 is 25.4 Å². The molecule has 0 radical (unpaired) electrons. The molecule has 0 bridgehead atoms. The molecule has 0 aliphatic heterocycles. The predicted octanol–water partition coefficient (Wildman–Crippen LogP) is 5.59. The molecule has 4 aromatic carbocycles. The summed E-state index contributed by atoms with van der Waals surface area (Å²) in [5, 5.41) is 27.2. The first-order valence-electron chi connectivity index (χ1n) is 15.4. The van der Waals surface area contributed by atoms with Crippen molar-refractivity contribution in [3.63, 3.8) is 0 Å². The molecule has 4 N–H and O–H groups in total. The molecule has 0 saturated heterocycles. The number of aromatic nitrogens is 2. The Hall–Kier alpha value is -5.02. The van der Waals surface area contributed by atoms with Crippen molar-refractivity contribution in [1.29, 1.82) is 0 Å². The van der Waals surface area contributed by atoms with Gasteiger partial charge in [-0.2, -0.15) is 0 Å². The minimum Gasteiger partial charge on any atom is -0.481 e. The minimum atomic E-state index is -1.75. The number of carbonyl (C=O) groups excluding carboxylic acids is 2.